The second kappa shape index (κ2) is 8.93. The van der Waals surface area contributed by atoms with Crippen LogP contribution in [-0.2, 0) is 0 Å². The zero-order valence-electron chi connectivity index (χ0n) is 23.4. The van der Waals surface area contributed by atoms with E-state index >= 15 is 0 Å². The van der Waals surface area contributed by atoms with Crippen molar-refractivity contribution in [1.29, 1.82) is 0 Å². The van der Waals surface area contributed by atoms with E-state index in [1.165, 1.54) is 31.1 Å². The highest BCUT2D eigenvalue weighted by atomic mass is 32.1. The van der Waals surface area contributed by atoms with E-state index in [0.29, 0.717) is 0 Å². The van der Waals surface area contributed by atoms with E-state index in [0.717, 1.165) is 61.0 Å². The molecule has 0 unspecified atom stereocenters. The fourth-order valence-corrected chi connectivity index (χ4v) is 7.86. The van der Waals surface area contributed by atoms with Crippen molar-refractivity contribution in [1.82, 2.24) is 19.4 Å². The number of rotatable bonds is 2. The summed E-state index contributed by atoms with van der Waals surface area (Å²) < 4.78 is 4.88. The second-order valence-electron chi connectivity index (χ2n) is 11.3. The summed E-state index contributed by atoms with van der Waals surface area (Å²) in [6.07, 6.45) is 0. The second-order valence-corrected chi connectivity index (χ2v) is 12.3. The molecule has 5 heteroatoms. The van der Waals surface area contributed by atoms with E-state index in [1.807, 2.05) is 29.5 Å². The molecule has 0 amide bonds. The first-order valence-electron chi connectivity index (χ1n) is 14.7. The van der Waals surface area contributed by atoms with Crippen molar-refractivity contribution in [2.45, 2.75) is 0 Å². The molecule has 0 aliphatic rings. The highest BCUT2D eigenvalue weighted by Gasteiger charge is 2.18. The molecule has 5 aromatic carbocycles. The largest absolute Gasteiger partial charge is 0.290 e. The van der Waals surface area contributed by atoms with Crippen LogP contribution in [0.25, 0.3) is 92.1 Å². The molecule has 0 spiro atoms. The van der Waals surface area contributed by atoms with E-state index in [1.54, 1.807) is 0 Å². The summed E-state index contributed by atoms with van der Waals surface area (Å²) in [5.41, 5.74) is 10.2. The molecule has 5 heterocycles. The molecule has 0 aliphatic heterocycles. The standard InChI is InChI=1S/C39H22N4S/c1-2-8-23(9-3-1)30-19-16-24-14-15-25-17-20-31(41-36(25)35(24)40-30)26-18-21-34-29(22-26)37-38(44-34)27-10-4-5-11-28(27)39-42-32-12-6-7-13-33(32)43(37)39/h1-22H. The van der Waals surface area contributed by atoms with E-state index < -0.39 is 0 Å². The predicted molar refractivity (Wildman–Crippen MR) is 185 cm³/mol. The molecule has 44 heavy (non-hydrogen) atoms. The van der Waals surface area contributed by atoms with E-state index in [2.05, 4.69) is 120 Å². The lowest BCUT2D eigenvalue weighted by atomic mass is 10.0. The summed E-state index contributed by atoms with van der Waals surface area (Å²) in [5, 5.41) is 5.80. The number of thiophene rings is 1. The molecule has 10 aromatic rings. The van der Waals surface area contributed by atoms with Crippen LogP contribution in [0.5, 0.6) is 0 Å². The van der Waals surface area contributed by atoms with Gasteiger partial charge in [0.25, 0.3) is 0 Å². The molecular weight excluding hydrogens is 557 g/mol. The molecule has 0 fully saturated rings. The first kappa shape index (κ1) is 23.9. The summed E-state index contributed by atoms with van der Waals surface area (Å²) in [7, 11) is 0. The fraction of sp³-hybridized carbons (Fsp3) is 0. The molecular formula is C39H22N4S. The minimum atomic E-state index is 0.919. The first-order chi connectivity index (χ1) is 21.8. The van der Waals surface area contributed by atoms with Crippen LogP contribution in [-0.4, -0.2) is 19.4 Å². The lowest BCUT2D eigenvalue weighted by Crippen LogP contribution is -1.91. The van der Waals surface area contributed by atoms with Crippen LogP contribution in [0, 0.1) is 0 Å². The third-order valence-corrected chi connectivity index (χ3v) is 9.94. The van der Waals surface area contributed by atoms with Gasteiger partial charge in [-0.1, -0.05) is 97.1 Å². The van der Waals surface area contributed by atoms with Crippen LogP contribution >= 0.6 is 11.3 Å². The maximum absolute atomic E-state index is 5.25. The van der Waals surface area contributed by atoms with E-state index in [4.69, 9.17) is 15.0 Å². The number of pyridine rings is 3. The number of imidazole rings is 1. The van der Waals surface area contributed by atoms with Crippen LogP contribution < -0.4 is 0 Å². The zero-order chi connectivity index (χ0) is 28.8. The van der Waals surface area contributed by atoms with Crippen molar-refractivity contribution in [2.24, 2.45) is 0 Å². The molecule has 0 radical (unpaired) electrons. The monoisotopic (exact) mass is 578 g/mol. The average Bonchev–Trinajstić information content (AvgIpc) is 3.67. The molecule has 0 bridgehead atoms. The molecule has 0 N–H and O–H groups in total. The maximum atomic E-state index is 5.25. The van der Waals surface area contributed by atoms with Gasteiger partial charge in [0.15, 0.2) is 0 Å². The Morgan fingerprint density at radius 1 is 0.500 bits per heavy atom. The van der Waals surface area contributed by atoms with Gasteiger partial charge in [-0.05, 0) is 36.4 Å². The minimum absolute atomic E-state index is 0.919. The predicted octanol–water partition coefficient (Wildman–Crippen LogP) is 10.4. The Kier molecular flexibility index (Phi) is 4.84. The van der Waals surface area contributed by atoms with Crippen LogP contribution in [0.15, 0.2) is 133 Å². The van der Waals surface area contributed by atoms with Crippen molar-refractivity contribution < 1.29 is 0 Å². The summed E-state index contributed by atoms with van der Waals surface area (Å²) in [6.45, 7) is 0. The van der Waals surface area contributed by atoms with Gasteiger partial charge in [-0.15, -0.1) is 11.3 Å². The van der Waals surface area contributed by atoms with Gasteiger partial charge < -0.3 is 0 Å². The minimum Gasteiger partial charge on any atom is -0.290 e. The average molecular weight is 579 g/mol. The van der Waals surface area contributed by atoms with Gasteiger partial charge in [0.05, 0.1) is 43.7 Å². The van der Waals surface area contributed by atoms with Crippen molar-refractivity contribution in [3.8, 4) is 22.5 Å². The number of hydrogen-bond donors (Lipinski definition) is 0. The smallest absolute Gasteiger partial charge is 0.146 e. The Hall–Kier alpha value is -5.65. The summed E-state index contributed by atoms with van der Waals surface area (Å²) in [6, 6.07) is 46.9. The highest BCUT2D eigenvalue weighted by Crippen LogP contribution is 2.42. The molecule has 10 rings (SSSR count). The van der Waals surface area contributed by atoms with Crippen molar-refractivity contribution in [3.05, 3.63) is 133 Å². The molecule has 5 aromatic heterocycles. The van der Waals surface area contributed by atoms with Crippen molar-refractivity contribution >= 4 is 80.9 Å². The molecule has 0 saturated heterocycles. The maximum Gasteiger partial charge on any atom is 0.146 e. The number of nitrogens with zero attached hydrogens (tertiary/aromatic N) is 4. The van der Waals surface area contributed by atoms with Crippen LogP contribution in [0.3, 0.4) is 0 Å². The Morgan fingerprint density at radius 3 is 1.95 bits per heavy atom. The quantitative estimate of drug-likeness (QED) is 0.192. The molecule has 0 aliphatic carbocycles. The van der Waals surface area contributed by atoms with Crippen LogP contribution in [0.1, 0.15) is 0 Å². The number of para-hydroxylation sites is 2. The van der Waals surface area contributed by atoms with Gasteiger partial charge in [-0.2, -0.15) is 0 Å². The Balaban J connectivity index is 1.24. The summed E-state index contributed by atoms with van der Waals surface area (Å²) in [5.74, 6) is 0. The third-order valence-electron chi connectivity index (χ3n) is 8.74. The lowest BCUT2D eigenvalue weighted by Gasteiger charge is -2.09. The van der Waals surface area contributed by atoms with Crippen molar-refractivity contribution in [3.63, 3.8) is 0 Å². The molecule has 0 saturated carbocycles. The van der Waals surface area contributed by atoms with Crippen LogP contribution in [0.4, 0.5) is 0 Å². The summed E-state index contributed by atoms with van der Waals surface area (Å²) in [4.78, 5) is 15.5. The Bertz CT molecular complexity index is 2780. The first-order valence-corrected chi connectivity index (χ1v) is 15.5. The van der Waals surface area contributed by atoms with E-state index in [9.17, 15) is 0 Å². The third kappa shape index (κ3) is 3.36. The van der Waals surface area contributed by atoms with Gasteiger partial charge in [-0.25, -0.2) is 15.0 Å². The number of benzene rings is 5. The number of fused-ring (bicyclic) bond motifs is 13. The molecule has 204 valence electrons. The van der Waals surface area contributed by atoms with Crippen molar-refractivity contribution in [2.75, 3.05) is 0 Å². The molecule has 4 nitrogen and oxygen atoms in total. The zero-order valence-corrected chi connectivity index (χ0v) is 24.2. The van der Waals surface area contributed by atoms with Gasteiger partial charge in [0, 0.05) is 42.8 Å². The highest BCUT2D eigenvalue weighted by molar-refractivity contribution is 7.26. The normalized spacial score (nSPS) is 12.1. The van der Waals surface area contributed by atoms with Gasteiger partial charge in [0.2, 0.25) is 0 Å². The topological polar surface area (TPSA) is 43.1 Å². The van der Waals surface area contributed by atoms with Gasteiger partial charge in [0.1, 0.15) is 5.65 Å². The Morgan fingerprint density at radius 2 is 1.16 bits per heavy atom. The summed E-state index contributed by atoms with van der Waals surface area (Å²) >= 11 is 1.85. The van der Waals surface area contributed by atoms with Gasteiger partial charge >= 0.3 is 0 Å². The fourth-order valence-electron chi connectivity index (χ4n) is 6.66. The lowest BCUT2D eigenvalue weighted by molar-refractivity contribution is 1.33. The van der Waals surface area contributed by atoms with Crippen LogP contribution in [0.2, 0.25) is 0 Å². The number of hydrogen-bond acceptors (Lipinski definition) is 4. The Labute approximate surface area is 255 Å². The SMILES string of the molecule is c1ccc(-c2ccc3ccc4ccc(-c5ccc6sc7c8ccccc8c8nc9ccccc9n8c7c6c5)nc4c3n2)cc1. The number of aromatic nitrogens is 4. The van der Waals surface area contributed by atoms with E-state index in [-0.39, 0.29) is 0 Å². The molecule has 0 atom stereocenters. The van der Waals surface area contributed by atoms with Gasteiger partial charge in [-0.3, -0.25) is 4.40 Å².